The molecule has 1 aromatic heterocycles. The average molecular weight is 381 g/mol. The van der Waals surface area contributed by atoms with Gasteiger partial charge in [0.05, 0.1) is 6.04 Å². The Kier molecular flexibility index (Phi) is 5.10. The van der Waals surface area contributed by atoms with E-state index in [0.717, 1.165) is 23.7 Å². The van der Waals surface area contributed by atoms with Gasteiger partial charge in [-0.2, -0.15) is 0 Å². The summed E-state index contributed by atoms with van der Waals surface area (Å²) in [6, 6.07) is 16.9. The van der Waals surface area contributed by atoms with Gasteiger partial charge in [-0.3, -0.25) is 0 Å². The number of carbonyl (C=O) groups is 1. The van der Waals surface area contributed by atoms with E-state index in [0.29, 0.717) is 25.2 Å². The van der Waals surface area contributed by atoms with Crippen molar-refractivity contribution in [2.45, 2.75) is 19.0 Å². The number of hydrogen-bond acceptors (Lipinski definition) is 1. The van der Waals surface area contributed by atoms with E-state index >= 15 is 0 Å². The fraction of sp³-hybridized carbons (Fsp3) is 0.227. The first-order valence-electron chi connectivity index (χ1n) is 9.32. The molecule has 1 aliphatic rings. The number of benzene rings is 2. The summed E-state index contributed by atoms with van der Waals surface area (Å²) in [5, 5.41) is 2.96. The molecule has 3 aromatic rings. The molecule has 2 aromatic carbocycles. The average Bonchev–Trinajstić information content (AvgIpc) is 3.19. The maximum absolute atomic E-state index is 13.9. The van der Waals surface area contributed by atoms with Gasteiger partial charge in [-0.25, -0.2) is 13.6 Å². The van der Waals surface area contributed by atoms with Crippen LogP contribution in [0.25, 0.3) is 0 Å². The standard InChI is InChI=1S/C22H21F2N3O/c23-18-9-8-17(15-19(18)24)21-20-7-4-12-26(20)13-14-27(21)22(28)25-11-10-16-5-2-1-3-6-16/h1-9,12,15,21H,10-11,13-14H2,(H,25,28)/t21-/m0/s1. The highest BCUT2D eigenvalue weighted by Gasteiger charge is 2.32. The fourth-order valence-electron chi connectivity index (χ4n) is 3.70. The molecule has 0 unspecified atom stereocenters. The summed E-state index contributed by atoms with van der Waals surface area (Å²) >= 11 is 0. The predicted octanol–water partition coefficient (Wildman–Crippen LogP) is 4.12. The highest BCUT2D eigenvalue weighted by atomic mass is 19.2. The number of nitrogens with zero attached hydrogens (tertiary/aromatic N) is 2. The summed E-state index contributed by atoms with van der Waals surface area (Å²) in [6.07, 6.45) is 2.67. The van der Waals surface area contributed by atoms with Gasteiger partial charge in [0.2, 0.25) is 0 Å². The third kappa shape index (κ3) is 3.63. The molecule has 6 heteroatoms. The molecule has 2 heterocycles. The number of halogens is 2. The van der Waals surface area contributed by atoms with Crippen molar-refractivity contribution >= 4 is 6.03 Å². The molecule has 4 rings (SSSR count). The van der Waals surface area contributed by atoms with Crippen molar-refractivity contribution in [2.24, 2.45) is 0 Å². The number of hydrogen-bond donors (Lipinski definition) is 1. The number of fused-ring (bicyclic) bond motifs is 1. The Hall–Kier alpha value is -3.15. The Morgan fingerprint density at radius 2 is 1.82 bits per heavy atom. The van der Waals surface area contributed by atoms with Crippen LogP contribution in [0.3, 0.4) is 0 Å². The van der Waals surface area contributed by atoms with Crippen LogP contribution >= 0.6 is 0 Å². The van der Waals surface area contributed by atoms with Crippen LogP contribution in [-0.4, -0.2) is 28.6 Å². The molecule has 2 amide bonds. The van der Waals surface area contributed by atoms with E-state index in [-0.39, 0.29) is 6.03 Å². The first-order valence-corrected chi connectivity index (χ1v) is 9.32. The van der Waals surface area contributed by atoms with E-state index in [4.69, 9.17) is 0 Å². The van der Waals surface area contributed by atoms with Gasteiger partial charge in [0.1, 0.15) is 0 Å². The molecule has 0 saturated carbocycles. The molecule has 1 aliphatic heterocycles. The van der Waals surface area contributed by atoms with Crippen molar-refractivity contribution in [1.82, 2.24) is 14.8 Å². The largest absolute Gasteiger partial charge is 0.348 e. The van der Waals surface area contributed by atoms with Gasteiger partial charge in [-0.15, -0.1) is 0 Å². The molecule has 144 valence electrons. The molecule has 0 spiro atoms. The fourth-order valence-corrected chi connectivity index (χ4v) is 3.70. The maximum atomic E-state index is 13.9. The molecule has 28 heavy (non-hydrogen) atoms. The number of aromatic nitrogens is 1. The SMILES string of the molecule is O=C(NCCc1ccccc1)N1CCn2cccc2[C@@H]1c1ccc(F)c(F)c1. The third-order valence-electron chi connectivity index (χ3n) is 5.09. The quantitative estimate of drug-likeness (QED) is 0.725. The van der Waals surface area contributed by atoms with Gasteiger partial charge >= 0.3 is 6.03 Å². The molecule has 0 aliphatic carbocycles. The minimum Gasteiger partial charge on any atom is -0.348 e. The minimum absolute atomic E-state index is 0.210. The van der Waals surface area contributed by atoms with Gasteiger partial charge in [0.15, 0.2) is 11.6 Å². The zero-order valence-electron chi connectivity index (χ0n) is 15.3. The third-order valence-corrected chi connectivity index (χ3v) is 5.09. The van der Waals surface area contributed by atoms with E-state index in [1.165, 1.54) is 12.1 Å². The van der Waals surface area contributed by atoms with Crippen molar-refractivity contribution in [3.63, 3.8) is 0 Å². The van der Waals surface area contributed by atoms with Gasteiger partial charge in [-0.05, 0) is 41.8 Å². The molecular weight excluding hydrogens is 360 g/mol. The Labute approximate surface area is 162 Å². The summed E-state index contributed by atoms with van der Waals surface area (Å²) in [6.45, 7) is 1.65. The number of carbonyl (C=O) groups excluding carboxylic acids is 1. The van der Waals surface area contributed by atoms with E-state index in [2.05, 4.69) is 5.32 Å². The summed E-state index contributed by atoms with van der Waals surface area (Å²) in [5.74, 6) is -1.81. The highest BCUT2D eigenvalue weighted by molar-refractivity contribution is 5.75. The monoisotopic (exact) mass is 381 g/mol. The number of nitrogens with one attached hydrogen (secondary N) is 1. The lowest BCUT2D eigenvalue weighted by molar-refractivity contribution is 0.168. The topological polar surface area (TPSA) is 37.3 Å². The van der Waals surface area contributed by atoms with E-state index in [1.807, 2.05) is 53.2 Å². The highest BCUT2D eigenvalue weighted by Crippen LogP contribution is 2.33. The van der Waals surface area contributed by atoms with Gasteiger partial charge in [-0.1, -0.05) is 36.4 Å². The Bertz CT molecular complexity index is 971. The van der Waals surface area contributed by atoms with E-state index in [9.17, 15) is 13.6 Å². The molecule has 0 radical (unpaired) electrons. The molecule has 0 saturated heterocycles. The van der Waals surface area contributed by atoms with Gasteiger partial charge in [0.25, 0.3) is 0 Å². The van der Waals surface area contributed by atoms with Crippen molar-refractivity contribution in [2.75, 3.05) is 13.1 Å². The summed E-state index contributed by atoms with van der Waals surface area (Å²) in [5.41, 5.74) is 2.58. The van der Waals surface area contributed by atoms with Crippen molar-refractivity contribution < 1.29 is 13.6 Å². The predicted molar refractivity (Wildman–Crippen MR) is 103 cm³/mol. The van der Waals surface area contributed by atoms with Crippen molar-refractivity contribution in [3.8, 4) is 0 Å². The number of urea groups is 1. The second-order valence-corrected chi connectivity index (χ2v) is 6.86. The molecular formula is C22H21F2N3O. The molecule has 1 atom stereocenters. The van der Waals surface area contributed by atoms with Crippen LogP contribution in [0.1, 0.15) is 22.9 Å². The Balaban J connectivity index is 1.54. The lowest BCUT2D eigenvalue weighted by Gasteiger charge is -2.37. The molecule has 0 fully saturated rings. The second-order valence-electron chi connectivity index (χ2n) is 6.86. The molecule has 0 bridgehead atoms. The van der Waals surface area contributed by atoms with Gasteiger partial charge in [0, 0.05) is 31.5 Å². The zero-order chi connectivity index (χ0) is 19.5. The molecule has 4 nitrogen and oxygen atoms in total. The second kappa shape index (κ2) is 7.84. The summed E-state index contributed by atoms with van der Waals surface area (Å²) < 4.78 is 29.3. The van der Waals surface area contributed by atoms with Crippen LogP contribution in [0.4, 0.5) is 13.6 Å². The smallest absolute Gasteiger partial charge is 0.318 e. The van der Waals surface area contributed by atoms with Crippen molar-refractivity contribution in [1.29, 1.82) is 0 Å². The lowest BCUT2D eigenvalue weighted by atomic mass is 10.00. The van der Waals surface area contributed by atoms with Crippen LogP contribution in [0.15, 0.2) is 66.9 Å². The summed E-state index contributed by atoms with van der Waals surface area (Å²) in [4.78, 5) is 14.6. The van der Waals surface area contributed by atoms with Crippen LogP contribution in [0.5, 0.6) is 0 Å². The Morgan fingerprint density at radius 1 is 1.00 bits per heavy atom. The number of rotatable bonds is 4. The first kappa shape index (κ1) is 18.2. The van der Waals surface area contributed by atoms with Crippen LogP contribution in [0.2, 0.25) is 0 Å². The normalized spacial score (nSPS) is 15.9. The maximum Gasteiger partial charge on any atom is 0.318 e. The number of amides is 2. The minimum atomic E-state index is -0.911. The van der Waals surface area contributed by atoms with E-state index < -0.39 is 17.7 Å². The zero-order valence-corrected chi connectivity index (χ0v) is 15.3. The Morgan fingerprint density at radius 3 is 2.61 bits per heavy atom. The van der Waals surface area contributed by atoms with Crippen molar-refractivity contribution in [3.05, 3.63) is 95.3 Å². The summed E-state index contributed by atoms with van der Waals surface area (Å²) in [7, 11) is 0. The lowest BCUT2D eigenvalue weighted by Crippen LogP contribution is -2.47. The van der Waals surface area contributed by atoms with Crippen LogP contribution < -0.4 is 5.32 Å². The first-order chi connectivity index (χ1) is 13.6. The molecule has 1 N–H and O–H groups in total. The van der Waals surface area contributed by atoms with E-state index in [1.54, 1.807) is 4.90 Å². The van der Waals surface area contributed by atoms with Crippen LogP contribution in [-0.2, 0) is 13.0 Å². The van der Waals surface area contributed by atoms with Crippen LogP contribution in [0, 0.1) is 11.6 Å². The van der Waals surface area contributed by atoms with Gasteiger partial charge < -0.3 is 14.8 Å².